The number of aliphatic hydroxyl groups is 1. The molecule has 18 heteroatoms. The van der Waals surface area contributed by atoms with E-state index >= 15 is 0 Å². The minimum atomic E-state index is -6.44. The molecule has 0 bridgehead atoms. The molecule has 2 aliphatic heterocycles. The number of anilines is 1. The van der Waals surface area contributed by atoms with Crippen molar-refractivity contribution in [1.29, 1.82) is 0 Å². The van der Waals surface area contributed by atoms with Gasteiger partial charge in [0.05, 0.1) is 21.1 Å². The number of ketones is 1. The fraction of sp³-hybridized carbons (Fsp3) is 0.286. The maximum absolute atomic E-state index is 14.5. The Bertz CT molecular complexity index is 2630. The normalized spacial score (nSPS) is 17.2. The maximum Gasteiger partial charge on any atom is 0.430 e. The number of nitrogens with one attached hydrogen (secondary N) is 1. The standard InChI is InChI=1S/C42H36F6N2O8S2/c1-25(24-59(54,55)29-13-3-2-4-14-29)58-39(52)49-60(56,57)35-18-8-7-17-32(35)36(28-21-26-11-9-19-50-20-10-12-27(22-28)37(26)50)33-23-34(38(51)31-16-6-5-15-30(31)33)40(53,41(43,44)45)42(46,47)48/h2-8,13-18,21-23,25,53H,9-12,19-20,24H2,1H3,(H,49,52). The van der Waals surface area contributed by atoms with Gasteiger partial charge in [0.25, 0.3) is 15.6 Å². The van der Waals surface area contributed by atoms with Crippen LogP contribution in [0, 0.1) is 0 Å². The van der Waals surface area contributed by atoms with E-state index in [1.807, 2.05) is 0 Å². The van der Waals surface area contributed by atoms with Gasteiger partial charge >= 0.3 is 18.4 Å². The number of sulfonamides is 1. The van der Waals surface area contributed by atoms with Crippen LogP contribution in [-0.4, -0.2) is 76.7 Å². The number of rotatable bonds is 9. The number of benzene rings is 4. The van der Waals surface area contributed by atoms with Crippen molar-refractivity contribution in [3.05, 3.63) is 136 Å². The summed E-state index contributed by atoms with van der Waals surface area (Å²) in [4.78, 5) is 28.2. The number of carbonyl (C=O) groups is 2. The van der Waals surface area contributed by atoms with E-state index in [2.05, 4.69) is 4.90 Å². The summed E-state index contributed by atoms with van der Waals surface area (Å²) >= 11 is 0. The molecule has 3 aliphatic rings. The van der Waals surface area contributed by atoms with E-state index in [1.165, 1.54) is 67.6 Å². The molecule has 1 unspecified atom stereocenters. The number of carbonyl (C=O) groups excluding carboxylic acids is 2. The van der Waals surface area contributed by atoms with Crippen molar-refractivity contribution >= 4 is 48.6 Å². The second kappa shape index (κ2) is 15.5. The molecule has 1 aliphatic carbocycles. The van der Waals surface area contributed by atoms with Crippen molar-refractivity contribution in [3.63, 3.8) is 0 Å². The largest absolute Gasteiger partial charge is 0.445 e. The predicted octanol–water partition coefficient (Wildman–Crippen LogP) is 7.60. The number of hydrogen-bond acceptors (Lipinski definition) is 9. The van der Waals surface area contributed by atoms with E-state index in [9.17, 15) is 57.9 Å². The molecule has 1 amide bonds. The molecule has 1 atom stereocenters. The molecule has 316 valence electrons. The first kappa shape index (κ1) is 42.7. The molecular formula is C42H36F6N2O8S2. The first-order chi connectivity index (χ1) is 28.1. The number of Topliss-reactive ketones (excluding diaryl/α,β-unsaturated/α-hetero) is 1. The van der Waals surface area contributed by atoms with Crippen LogP contribution in [-0.2, 0) is 37.4 Å². The van der Waals surface area contributed by atoms with Gasteiger partial charge in [-0.1, -0.05) is 60.7 Å². The Morgan fingerprint density at radius 1 is 0.817 bits per heavy atom. The zero-order valence-electron chi connectivity index (χ0n) is 31.6. The predicted molar refractivity (Wildman–Crippen MR) is 208 cm³/mol. The van der Waals surface area contributed by atoms with Crippen LogP contribution in [0.3, 0.4) is 0 Å². The van der Waals surface area contributed by atoms with Gasteiger partial charge in [0.2, 0.25) is 0 Å². The second-order valence-corrected chi connectivity index (χ2v) is 18.4. The summed E-state index contributed by atoms with van der Waals surface area (Å²) in [5.74, 6) is -2.47. The lowest BCUT2D eigenvalue weighted by atomic mass is 9.75. The van der Waals surface area contributed by atoms with Gasteiger partial charge in [-0.05, 0) is 102 Å². The van der Waals surface area contributed by atoms with Gasteiger partial charge in [-0.3, -0.25) is 4.79 Å². The van der Waals surface area contributed by atoms with Crippen LogP contribution in [0.5, 0.6) is 0 Å². The highest BCUT2D eigenvalue weighted by Crippen LogP contribution is 2.52. The van der Waals surface area contributed by atoms with Gasteiger partial charge in [-0.2, -0.15) is 26.3 Å². The number of amides is 1. The Balaban J connectivity index is 1.43. The lowest BCUT2D eigenvalue weighted by Crippen LogP contribution is -2.59. The fourth-order valence-electron chi connectivity index (χ4n) is 8.04. The third kappa shape index (κ3) is 7.71. The summed E-state index contributed by atoms with van der Waals surface area (Å²) in [7, 11) is -9.03. The first-order valence-corrected chi connectivity index (χ1v) is 21.8. The molecule has 0 saturated heterocycles. The maximum atomic E-state index is 14.5. The molecule has 4 aromatic rings. The zero-order chi connectivity index (χ0) is 43.4. The Kier molecular flexibility index (Phi) is 11.0. The second-order valence-electron chi connectivity index (χ2n) is 14.7. The number of alkyl halides is 6. The third-order valence-electron chi connectivity index (χ3n) is 10.6. The highest BCUT2D eigenvalue weighted by Gasteiger charge is 2.73. The van der Waals surface area contributed by atoms with Gasteiger partial charge in [0.1, 0.15) is 6.10 Å². The van der Waals surface area contributed by atoms with Gasteiger partial charge in [-0.25, -0.2) is 26.4 Å². The number of halogens is 6. The molecule has 4 aromatic carbocycles. The summed E-state index contributed by atoms with van der Waals surface area (Å²) in [6, 6.07) is 20.4. The van der Waals surface area contributed by atoms with Crippen molar-refractivity contribution in [3.8, 4) is 0 Å². The summed E-state index contributed by atoms with van der Waals surface area (Å²) in [5.41, 5.74) is -6.78. The van der Waals surface area contributed by atoms with E-state index in [0.29, 0.717) is 18.9 Å². The van der Waals surface area contributed by atoms with Crippen LogP contribution in [0.4, 0.5) is 36.8 Å². The molecule has 60 heavy (non-hydrogen) atoms. The Morgan fingerprint density at radius 2 is 1.37 bits per heavy atom. The zero-order valence-corrected chi connectivity index (χ0v) is 33.2. The van der Waals surface area contributed by atoms with E-state index in [1.54, 1.807) is 22.9 Å². The van der Waals surface area contributed by atoms with E-state index in [4.69, 9.17) is 4.74 Å². The summed E-state index contributed by atoms with van der Waals surface area (Å²) in [6.45, 7) is 2.73. The lowest BCUT2D eigenvalue weighted by Gasteiger charge is -2.38. The van der Waals surface area contributed by atoms with Crippen molar-refractivity contribution in [2.45, 2.75) is 66.5 Å². The fourth-order valence-corrected chi connectivity index (χ4v) is 10.6. The van der Waals surface area contributed by atoms with Crippen molar-refractivity contribution < 1.29 is 62.6 Å². The number of allylic oxidation sites excluding steroid dienone is 2. The molecule has 10 nitrogen and oxygen atoms in total. The quantitative estimate of drug-likeness (QED) is 0.162. The topological polar surface area (TPSA) is 147 Å². The van der Waals surface area contributed by atoms with Gasteiger partial charge in [0, 0.05) is 29.9 Å². The lowest BCUT2D eigenvalue weighted by molar-refractivity contribution is -0.350. The molecule has 0 fully saturated rings. The van der Waals surface area contributed by atoms with Crippen LogP contribution >= 0.6 is 0 Å². The Morgan fingerprint density at radius 3 is 1.97 bits per heavy atom. The molecule has 7 rings (SSSR count). The van der Waals surface area contributed by atoms with Crippen LogP contribution in [0.25, 0.3) is 11.1 Å². The first-order valence-electron chi connectivity index (χ1n) is 18.6. The van der Waals surface area contributed by atoms with Crippen molar-refractivity contribution in [2.75, 3.05) is 23.7 Å². The summed E-state index contributed by atoms with van der Waals surface area (Å²) in [6.07, 6.45) is -13.0. The highest BCUT2D eigenvalue weighted by molar-refractivity contribution is 7.91. The number of hydrogen-bond donors (Lipinski definition) is 2. The summed E-state index contributed by atoms with van der Waals surface area (Å²) < 4.78 is 148. The number of nitrogens with zero attached hydrogens (tertiary/aromatic N) is 1. The van der Waals surface area contributed by atoms with Gasteiger partial charge in [0.15, 0.2) is 15.6 Å². The molecule has 0 aromatic heterocycles. The highest BCUT2D eigenvalue weighted by atomic mass is 32.2. The van der Waals surface area contributed by atoms with Crippen LogP contribution < -0.4 is 9.62 Å². The molecule has 0 spiro atoms. The number of ether oxygens (including phenoxy) is 1. The number of fused-ring (bicyclic) bond motifs is 1. The van der Waals surface area contributed by atoms with E-state index in [0.717, 1.165) is 54.9 Å². The average Bonchev–Trinajstić information content (AvgIpc) is 3.18. The van der Waals surface area contributed by atoms with Crippen molar-refractivity contribution in [1.82, 2.24) is 4.72 Å². The molecule has 0 saturated carbocycles. The van der Waals surface area contributed by atoms with Crippen molar-refractivity contribution in [2.24, 2.45) is 0 Å². The summed E-state index contributed by atoms with van der Waals surface area (Å²) in [5, 5.41) is 10.7. The van der Waals surface area contributed by atoms with Crippen LogP contribution in [0.2, 0.25) is 0 Å². The molecule has 0 radical (unpaired) electrons. The van der Waals surface area contributed by atoms with Gasteiger partial charge < -0.3 is 14.7 Å². The van der Waals surface area contributed by atoms with Crippen LogP contribution in [0.1, 0.15) is 57.9 Å². The van der Waals surface area contributed by atoms with E-state index < -0.39 is 83.2 Å². The Hall–Kier alpha value is -5.46. The average molecular weight is 875 g/mol. The number of aryl methyl sites for hydroxylation is 2. The van der Waals surface area contributed by atoms with Gasteiger partial charge in [-0.15, -0.1) is 0 Å². The minimum absolute atomic E-state index is 0.0703. The monoisotopic (exact) mass is 874 g/mol. The molecule has 2 heterocycles. The van der Waals surface area contributed by atoms with E-state index in [-0.39, 0.29) is 27.2 Å². The smallest absolute Gasteiger partial charge is 0.430 e. The molecule has 2 N–H and O–H groups in total. The Labute approximate surface area is 341 Å². The van der Waals surface area contributed by atoms with Crippen LogP contribution in [0.15, 0.2) is 112 Å². The minimum Gasteiger partial charge on any atom is -0.445 e. The molecular weight excluding hydrogens is 839 g/mol. The SMILES string of the molecule is CC(CS(=O)(=O)c1ccccc1)OC(=O)NS(=O)(=O)c1ccccc1C(=C1C=C(C(O)(C(F)(F)F)C(F)(F)F)C(=O)c2ccccc21)c1cc2c3c(c1)CCCN3CCC2. The number of sulfone groups is 1. The third-order valence-corrected chi connectivity index (χ3v) is 13.9.